The molecule has 0 saturated carbocycles. The third kappa shape index (κ3) is 4.83. The van der Waals surface area contributed by atoms with Crippen molar-refractivity contribution in [3.05, 3.63) is 70.8 Å². The Hall–Kier alpha value is -1.85. The molecule has 1 aliphatic heterocycles. The Morgan fingerprint density at radius 3 is 2.12 bits per heavy atom. The van der Waals surface area contributed by atoms with Gasteiger partial charge in [0.25, 0.3) is 0 Å². The number of aryl methyl sites for hydroxylation is 1. The molecule has 25 heavy (non-hydrogen) atoms. The van der Waals surface area contributed by atoms with E-state index in [1.54, 1.807) is 12.1 Å². The second-order valence-corrected chi connectivity index (χ2v) is 7.00. The first kappa shape index (κ1) is 18.0. The number of halogens is 3. The molecular weight excluding hydrogens is 325 g/mol. The lowest BCUT2D eigenvalue weighted by atomic mass is 10.1. The monoisotopic (exact) mass is 350 g/mol. The number of hydrogen-bond acceptors (Lipinski definition) is 0. The minimum absolute atomic E-state index is 0.409. The first-order chi connectivity index (χ1) is 11.9. The fourth-order valence-corrected chi connectivity index (χ4v) is 3.64. The Morgan fingerprint density at radius 1 is 0.840 bits per heavy atom. The van der Waals surface area contributed by atoms with Crippen LogP contribution in [-0.2, 0) is 19.3 Å². The highest BCUT2D eigenvalue weighted by Gasteiger charge is 2.34. The lowest BCUT2D eigenvalue weighted by molar-refractivity contribution is -1.02. The smallest absolute Gasteiger partial charge is 0.322 e. The van der Waals surface area contributed by atoms with Crippen molar-refractivity contribution in [2.75, 3.05) is 26.2 Å². The highest BCUT2D eigenvalue weighted by molar-refractivity contribution is 5.28. The summed E-state index contributed by atoms with van der Waals surface area (Å²) >= 11 is 0. The largest absolute Gasteiger partial charge is 0.416 e. The number of alkyl halides is 3. The molecule has 0 aliphatic carbocycles. The van der Waals surface area contributed by atoms with Crippen LogP contribution in [0.1, 0.15) is 22.3 Å². The number of rotatable bonds is 4. The van der Waals surface area contributed by atoms with E-state index in [-0.39, 0.29) is 0 Å². The Morgan fingerprint density at radius 2 is 1.48 bits per heavy atom. The van der Waals surface area contributed by atoms with Crippen molar-refractivity contribution in [1.82, 2.24) is 0 Å². The standard InChI is InChI=1S/C20H23F3N2/c1-16-5-4-6-17(13-16)14-24-9-11-25(12-10-24)15-18-7-2-3-8-19(18)20(21,22)23/h2-8,13H,9-12,14-15H2,1H3/p+2. The summed E-state index contributed by atoms with van der Waals surface area (Å²) in [7, 11) is 0. The Labute approximate surface area is 146 Å². The minimum atomic E-state index is -4.27. The Kier molecular flexibility index (Phi) is 5.45. The van der Waals surface area contributed by atoms with Crippen molar-refractivity contribution >= 4 is 0 Å². The van der Waals surface area contributed by atoms with Crippen LogP contribution in [0.15, 0.2) is 48.5 Å². The SMILES string of the molecule is Cc1cccc(C[NH+]2CC[NH+](Cc3ccccc3C(F)(F)F)CC2)c1. The van der Waals surface area contributed by atoms with E-state index < -0.39 is 11.7 Å². The molecule has 0 amide bonds. The van der Waals surface area contributed by atoms with Crippen LogP contribution in [0.25, 0.3) is 0 Å². The normalized spacial score (nSPS) is 21.3. The molecule has 2 N–H and O–H groups in total. The maximum Gasteiger partial charge on any atom is 0.416 e. The van der Waals surface area contributed by atoms with Crippen LogP contribution in [0.5, 0.6) is 0 Å². The van der Waals surface area contributed by atoms with E-state index in [2.05, 4.69) is 31.2 Å². The minimum Gasteiger partial charge on any atom is -0.322 e. The molecular formula is C20H25F3N2+2. The van der Waals surface area contributed by atoms with Crippen molar-refractivity contribution < 1.29 is 23.0 Å². The number of nitrogens with one attached hydrogen (secondary N) is 2. The lowest BCUT2D eigenvalue weighted by Gasteiger charge is -2.30. The topological polar surface area (TPSA) is 8.88 Å². The summed E-state index contributed by atoms with van der Waals surface area (Å²) < 4.78 is 39.4. The molecule has 2 aromatic carbocycles. The fraction of sp³-hybridized carbons (Fsp3) is 0.400. The molecule has 0 unspecified atom stereocenters. The molecule has 0 aromatic heterocycles. The van der Waals surface area contributed by atoms with Gasteiger partial charge in [0.05, 0.1) is 5.56 Å². The van der Waals surface area contributed by atoms with Crippen molar-refractivity contribution in [3.63, 3.8) is 0 Å². The van der Waals surface area contributed by atoms with E-state index in [1.165, 1.54) is 33.1 Å². The van der Waals surface area contributed by atoms with Gasteiger partial charge in [-0.15, -0.1) is 0 Å². The number of hydrogen-bond donors (Lipinski definition) is 2. The molecule has 1 saturated heterocycles. The summed E-state index contributed by atoms with van der Waals surface area (Å²) in [5.41, 5.74) is 2.52. The second-order valence-electron chi connectivity index (χ2n) is 7.00. The predicted octanol–water partition coefficient (Wildman–Crippen LogP) is 1.50. The van der Waals surface area contributed by atoms with E-state index >= 15 is 0 Å². The molecule has 0 radical (unpaired) electrons. The maximum absolute atomic E-state index is 13.1. The molecule has 3 rings (SSSR count). The van der Waals surface area contributed by atoms with Crippen LogP contribution in [0, 0.1) is 6.92 Å². The van der Waals surface area contributed by atoms with Gasteiger partial charge in [-0.3, -0.25) is 0 Å². The average Bonchev–Trinajstić information content (AvgIpc) is 2.56. The second kappa shape index (κ2) is 7.58. The number of piperazine rings is 1. The molecule has 1 fully saturated rings. The van der Waals surface area contributed by atoms with Gasteiger partial charge in [-0.2, -0.15) is 13.2 Å². The van der Waals surface area contributed by atoms with E-state index in [0.29, 0.717) is 12.1 Å². The molecule has 5 heteroatoms. The van der Waals surface area contributed by atoms with Crippen molar-refractivity contribution in [2.24, 2.45) is 0 Å². The van der Waals surface area contributed by atoms with Gasteiger partial charge < -0.3 is 9.80 Å². The quantitative estimate of drug-likeness (QED) is 0.827. The fourth-order valence-electron chi connectivity index (χ4n) is 3.64. The summed E-state index contributed by atoms with van der Waals surface area (Å²) in [6, 6.07) is 14.5. The van der Waals surface area contributed by atoms with E-state index in [1.807, 2.05) is 0 Å². The zero-order chi connectivity index (χ0) is 17.9. The zero-order valence-corrected chi connectivity index (χ0v) is 14.5. The van der Waals surface area contributed by atoms with Crippen LogP contribution >= 0.6 is 0 Å². The van der Waals surface area contributed by atoms with Gasteiger partial charge in [-0.25, -0.2) is 0 Å². The molecule has 134 valence electrons. The van der Waals surface area contributed by atoms with Gasteiger partial charge in [0, 0.05) is 11.1 Å². The summed E-state index contributed by atoms with van der Waals surface area (Å²) in [6.45, 7) is 7.36. The van der Waals surface area contributed by atoms with Gasteiger partial charge in [-0.05, 0) is 13.0 Å². The lowest BCUT2D eigenvalue weighted by Crippen LogP contribution is -3.27. The van der Waals surface area contributed by atoms with Gasteiger partial charge in [0.15, 0.2) is 0 Å². The van der Waals surface area contributed by atoms with Gasteiger partial charge >= 0.3 is 6.18 Å². The summed E-state index contributed by atoms with van der Waals surface area (Å²) in [6.07, 6.45) is -4.27. The highest BCUT2D eigenvalue weighted by Crippen LogP contribution is 2.31. The predicted molar refractivity (Wildman–Crippen MR) is 91.4 cm³/mol. The molecule has 0 bridgehead atoms. The zero-order valence-electron chi connectivity index (χ0n) is 14.5. The molecule has 0 spiro atoms. The van der Waals surface area contributed by atoms with Crippen LogP contribution in [0.4, 0.5) is 13.2 Å². The van der Waals surface area contributed by atoms with Crippen LogP contribution in [0.3, 0.4) is 0 Å². The molecule has 1 aliphatic rings. The number of quaternary nitrogens is 2. The third-order valence-corrected chi connectivity index (χ3v) is 4.96. The van der Waals surface area contributed by atoms with E-state index in [4.69, 9.17) is 0 Å². The molecule has 1 heterocycles. The summed E-state index contributed by atoms with van der Waals surface area (Å²) in [5.74, 6) is 0. The van der Waals surface area contributed by atoms with E-state index in [9.17, 15) is 13.2 Å². The van der Waals surface area contributed by atoms with Gasteiger partial charge in [0.2, 0.25) is 0 Å². The maximum atomic E-state index is 13.1. The summed E-state index contributed by atoms with van der Waals surface area (Å²) in [5, 5.41) is 0. The van der Waals surface area contributed by atoms with Crippen molar-refractivity contribution in [1.29, 1.82) is 0 Å². The molecule has 2 nitrogen and oxygen atoms in total. The van der Waals surface area contributed by atoms with Crippen LogP contribution in [-0.4, -0.2) is 26.2 Å². The van der Waals surface area contributed by atoms with Crippen LogP contribution < -0.4 is 9.80 Å². The van der Waals surface area contributed by atoms with Crippen molar-refractivity contribution in [3.8, 4) is 0 Å². The molecule has 0 atom stereocenters. The summed E-state index contributed by atoms with van der Waals surface area (Å²) in [4.78, 5) is 2.75. The van der Waals surface area contributed by atoms with Gasteiger partial charge in [-0.1, -0.05) is 48.0 Å². The Balaban J connectivity index is 1.57. The average molecular weight is 350 g/mol. The third-order valence-electron chi connectivity index (χ3n) is 4.96. The Bertz CT molecular complexity index is 704. The highest BCUT2D eigenvalue weighted by atomic mass is 19.4. The number of benzene rings is 2. The van der Waals surface area contributed by atoms with Crippen LogP contribution in [0.2, 0.25) is 0 Å². The molecule has 2 aromatic rings. The van der Waals surface area contributed by atoms with E-state index in [0.717, 1.165) is 32.7 Å². The first-order valence-corrected chi connectivity index (χ1v) is 8.79. The van der Waals surface area contributed by atoms with Gasteiger partial charge in [0.1, 0.15) is 39.3 Å². The first-order valence-electron chi connectivity index (χ1n) is 8.79. The van der Waals surface area contributed by atoms with Crippen molar-refractivity contribution in [2.45, 2.75) is 26.2 Å².